The molecule has 0 atom stereocenters. The van der Waals surface area contributed by atoms with Crippen LogP contribution in [-0.4, -0.2) is 31.2 Å². The van der Waals surface area contributed by atoms with Crippen LogP contribution in [0.1, 0.15) is 5.56 Å². The molecule has 0 amide bonds. The maximum Gasteiger partial charge on any atom is 0.123 e. The van der Waals surface area contributed by atoms with Crippen molar-refractivity contribution in [2.24, 2.45) is 0 Å². The number of aromatic nitrogens is 1. The second-order valence-corrected chi connectivity index (χ2v) is 5.07. The Bertz CT molecular complexity index is 634. The molecule has 3 rings (SSSR count). The van der Waals surface area contributed by atoms with E-state index in [9.17, 15) is 0 Å². The molecule has 0 aliphatic carbocycles. The molecule has 2 N–H and O–H groups in total. The molecule has 1 aliphatic rings. The first-order valence-corrected chi connectivity index (χ1v) is 6.98. The van der Waals surface area contributed by atoms with Gasteiger partial charge >= 0.3 is 0 Å². The first-order chi connectivity index (χ1) is 10.3. The number of rotatable bonds is 2. The predicted octanol–water partition coefficient (Wildman–Crippen LogP) is 1.86. The molecule has 2 aromatic rings. The second-order valence-electron chi connectivity index (χ2n) is 5.07. The highest BCUT2D eigenvalue weighted by atomic mass is 15.3. The average molecular weight is 279 g/mol. The normalized spacial score (nSPS) is 14.8. The van der Waals surface area contributed by atoms with E-state index in [1.165, 1.54) is 5.69 Å². The first kappa shape index (κ1) is 13.3. The van der Waals surface area contributed by atoms with Gasteiger partial charge in [0.15, 0.2) is 0 Å². The fourth-order valence-corrected chi connectivity index (χ4v) is 2.55. The molecule has 5 nitrogen and oxygen atoms in total. The summed E-state index contributed by atoms with van der Waals surface area (Å²) in [5.41, 5.74) is 8.60. The Morgan fingerprint density at radius 2 is 1.48 bits per heavy atom. The van der Waals surface area contributed by atoms with Crippen LogP contribution in [0, 0.1) is 11.3 Å². The van der Waals surface area contributed by atoms with Crippen LogP contribution in [0.3, 0.4) is 0 Å². The summed E-state index contributed by atoms with van der Waals surface area (Å²) in [5, 5.41) is 8.83. The number of hydrogen-bond donors (Lipinski definition) is 1. The van der Waals surface area contributed by atoms with Crippen LogP contribution in [0.4, 0.5) is 17.2 Å². The lowest BCUT2D eigenvalue weighted by Gasteiger charge is -2.37. The third kappa shape index (κ3) is 2.90. The first-order valence-electron chi connectivity index (χ1n) is 6.98. The van der Waals surface area contributed by atoms with Crippen LogP contribution in [-0.2, 0) is 0 Å². The maximum atomic E-state index is 8.83. The van der Waals surface area contributed by atoms with Crippen molar-refractivity contribution in [2.75, 3.05) is 41.7 Å². The molecule has 21 heavy (non-hydrogen) atoms. The van der Waals surface area contributed by atoms with Gasteiger partial charge in [-0.05, 0) is 36.4 Å². The van der Waals surface area contributed by atoms with Crippen LogP contribution in [0.5, 0.6) is 0 Å². The molecule has 2 heterocycles. The van der Waals surface area contributed by atoms with Gasteiger partial charge < -0.3 is 15.5 Å². The number of nitrogens with zero attached hydrogens (tertiary/aromatic N) is 4. The van der Waals surface area contributed by atoms with Crippen LogP contribution < -0.4 is 15.5 Å². The van der Waals surface area contributed by atoms with Gasteiger partial charge in [-0.1, -0.05) is 0 Å². The van der Waals surface area contributed by atoms with Crippen LogP contribution in [0.25, 0.3) is 0 Å². The summed E-state index contributed by atoms with van der Waals surface area (Å²) in [6, 6.07) is 13.8. The van der Waals surface area contributed by atoms with Crippen LogP contribution >= 0.6 is 0 Å². The zero-order valence-corrected chi connectivity index (χ0v) is 11.7. The van der Waals surface area contributed by atoms with Gasteiger partial charge in [0.05, 0.1) is 23.5 Å². The van der Waals surface area contributed by atoms with Crippen LogP contribution in [0.2, 0.25) is 0 Å². The zero-order chi connectivity index (χ0) is 14.7. The average Bonchev–Trinajstić information content (AvgIpc) is 2.56. The Morgan fingerprint density at radius 1 is 0.905 bits per heavy atom. The lowest BCUT2D eigenvalue weighted by Crippen LogP contribution is -2.46. The Labute approximate surface area is 124 Å². The van der Waals surface area contributed by atoms with E-state index in [1.54, 1.807) is 0 Å². The Hall–Kier alpha value is -2.74. The van der Waals surface area contributed by atoms with E-state index in [4.69, 9.17) is 11.0 Å². The fraction of sp³-hybridized carbons (Fsp3) is 0.250. The number of hydrogen-bond acceptors (Lipinski definition) is 5. The van der Waals surface area contributed by atoms with E-state index in [1.807, 2.05) is 42.6 Å². The summed E-state index contributed by atoms with van der Waals surface area (Å²) in [5.74, 6) is 0.551. The minimum absolute atomic E-state index is 0.551. The lowest BCUT2D eigenvalue weighted by atomic mass is 10.2. The topological polar surface area (TPSA) is 69.2 Å². The molecular weight excluding hydrogens is 262 g/mol. The van der Waals surface area contributed by atoms with E-state index in [0.29, 0.717) is 11.4 Å². The van der Waals surface area contributed by atoms with Crippen LogP contribution in [0.15, 0.2) is 42.6 Å². The van der Waals surface area contributed by atoms with Crippen molar-refractivity contribution in [3.05, 3.63) is 48.2 Å². The zero-order valence-electron chi connectivity index (χ0n) is 11.7. The Balaban J connectivity index is 1.64. The van der Waals surface area contributed by atoms with Crippen molar-refractivity contribution in [3.8, 4) is 6.07 Å². The molecule has 1 saturated heterocycles. The van der Waals surface area contributed by atoms with Gasteiger partial charge in [-0.3, -0.25) is 0 Å². The molecular formula is C16H17N5. The van der Waals surface area contributed by atoms with Gasteiger partial charge in [0.2, 0.25) is 0 Å². The monoisotopic (exact) mass is 279 g/mol. The number of nitrogen functional groups attached to an aromatic ring is 1. The summed E-state index contributed by atoms with van der Waals surface area (Å²) in [4.78, 5) is 8.79. The maximum absolute atomic E-state index is 8.83. The predicted molar refractivity (Wildman–Crippen MR) is 84.2 cm³/mol. The van der Waals surface area contributed by atoms with Crippen molar-refractivity contribution in [3.63, 3.8) is 0 Å². The number of pyridine rings is 1. The molecule has 1 aromatic carbocycles. The summed E-state index contributed by atoms with van der Waals surface area (Å²) in [7, 11) is 0. The highest BCUT2D eigenvalue weighted by Gasteiger charge is 2.17. The van der Waals surface area contributed by atoms with E-state index in [2.05, 4.69) is 20.9 Å². The number of piperazine rings is 1. The molecule has 5 heteroatoms. The quantitative estimate of drug-likeness (QED) is 0.908. The van der Waals surface area contributed by atoms with Gasteiger partial charge in [-0.15, -0.1) is 0 Å². The number of nitriles is 1. The van der Waals surface area contributed by atoms with Gasteiger partial charge in [0.1, 0.15) is 5.82 Å². The van der Waals surface area contributed by atoms with Crippen molar-refractivity contribution < 1.29 is 0 Å². The third-order valence-corrected chi connectivity index (χ3v) is 3.78. The van der Waals surface area contributed by atoms with Crippen molar-refractivity contribution >= 4 is 17.2 Å². The Kier molecular flexibility index (Phi) is 3.61. The SMILES string of the molecule is N#Cc1ccc(N2CCN(c3ccc(N)nc3)CC2)cc1. The van der Waals surface area contributed by atoms with E-state index in [-0.39, 0.29) is 0 Å². The van der Waals surface area contributed by atoms with Crippen molar-refractivity contribution in [2.45, 2.75) is 0 Å². The summed E-state index contributed by atoms with van der Waals surface area (Å²) >= 11 is 0. The van der Waals surface area contributed by atoms with Crippen molar-refractivity contribution in [1.82, 2.24) is 4.98 Å². The molecule has 0 saturated carbocycles. The second kappa shape index (κ2) is 5.71. The van der Waals surface area contributed by atoms with Crippen molar-refractivity contribution in [1.29, 1.82) is 5.26 Å². The molecule has 1 aromatic heterocycles. The number of benzene rings is 1. The molecule has 1 aliphatic heterocycles. The van der Waals surface area contributed by atoms with E-state index in [0.717, 1.165) is 31.9 Å². The molecule has 1 fully saturated rings. The minimum atomic E-state index is 0.551. The molecule has 0 spiro atoms. The summed E-state index contributed by atoms with van der Waals surface area (Å²) < 4.78 is 0. The smallest absolute Gasteiger partial charge is 0.123 e. The van der Waals surface area contributed by atoms with Gasteiger partial charge in [-0.25, -0.2) is 4.98 Å². The largest absolute Gasteiger partial charge is 0.384 e. The highest BCUT2D eigenvalue weighted by Crippen LogP contribution is 2.20. The fourth-order valence-electron chi connectivity index (χ4n) is 2.55. The highest BCUT2D eigenvalue weighted by molar-refractivity contribution is 5.53. The van der Waals surface area contributed by atoms with E-state index >= 15 is 0 Å². The van der Waals surface area contributed by atoms with Gasteiger partial charge in [0, 0.05) is 31.9 Å². The van der Waals surface area contributed by atoms with E-state index < -0.39 is 0 Å². The molecule has 0 bridgehead atoms. The minimum Gasteiger partial charge on any atom is -0.384 e. The van der Waals surface area contributed by atoms with Gasteiger partial charge in [0.25, 0.3) is 0 Å². The van der Waals surface area contributed by atoms with Gasteiger partial charge in [-0.2, -0.15) is 5.26 Å². The molecule has 0 radical (unpaired) electrons. The Morgan fingerprint density at radius 3 is 2.00 bits per heavy atom. The number of anilines is 3. The summed E-state index contributed by atoms with van der Waals surface area (Å²) in [6.45, 7) is 3.81. The third-order valence-electron chi connectivity index (χ3n) is 3.78. The molecule has 0 unspecified atom stereocenters. The lowest BCUT2D eigenvalue weighted by molar-refractivity contribution is 0.653. The standard InChI is InChI=1S/C16H17N5/c17-11-13-1-3-14(4-2-13)20-7-9-21(10-8-20)15-5-6-16(18)19-12-15/h1-6,12H,7-10H2,(H2,18,19). The molecule has 106 valence electrons. The number of nitrogens with two attached hydrogens (primary N) is 1. The summed E-state index contributed by atoms with van der Waals surface area (Å²) in [6.07, 6.45) is 1.83.